The van der Waals surface area contributed by atoms with Crippen LogP contribution in [0.4, 0.5) is 4.39 Å². The Labute approximate surface area is 120 Å². The van der Waals surface area contributed by atoms with Crippen LogP contribution in [-0.4, -0.2) is 29.2 Å². The molecule has 3 heteroatoms. The van der Waals surface area contributed by atoms with E-state index in [2.05, 4.69) is 23.7 Å². The van der Waals surface area contributed by atoms with E-state index in [0.717, 1.165) is 18.7 Å². The highest BCUT2D eigenvalue weighted by Gasteiger charge is 2.21. The van der Waals surface area contributed by atoms with E-state index < -0.39 is 0 Å². The van der Waals surface area contributed by atoms with Crippen molar-refractivity contribution < 1.29 is 9.50 Å². The molecule has 0 atom stereocenters. The minimum Gasteiger partial charge on any atom is -0.384 e. The summed E-state index contributed by atoms with van der Waals surface area (Å²) < 4.78 is 13.6. The molecule has 0 aromatic heterocycles. The van der Waals surface area contributed by atoms with Crippen molar-refractivity contribution in [3.05, 3.63) is 35.1 Å². The number of rotatable bonds is 4. The number of hydrogen-bond acceptors (Lipinski definition) is 2. The third-order valence-corrected chi connectivity index (χ3v) is 3.97. The highest BCUT2D eigenvalue weighted by Crippen LogP contribution is 2.25. The third kappa shape index (κ3) is 3.82. The molecule has 2 nitrogen and oxygen atoms in total. The lowest BCUT2D eigenvalue weighted by atomic mass is 10.1. The average molecular weight is 275 g/mol. The van der Waals surface area contributed by atoms with Crippen molar-refractivity contribution in [3.63, 3.8) is 0 Å². The zero-order valence-electron chi connectivity index (χ0n) is 12.0. The second kappa shape index (κ2) is 7.42. The Hall–Kier alpha value is -1.37. The van der Waals surface area contributed by atoms with Gasteiger partial charge in [0, 0.05) is 12.6 Å². The Balaban J connectivity index is 2.11. The van der Waals surface area contributed by atoms with Crippen molar-refractivity contribution in [1.29, 1.82) is 0 Å². The second-order valence-electron chi connectivity index (χ2n) is 5.28. The molecule has 0 radical (unpaired) electrons. The molecule has 1 aliphatic rings. The van der Waals surface area contributed by atoms with E-state index in [1.165, 1.54) is 31.7 Å². The van der Waals surface area contributed by atoms with Crippen LogP contribution in [0, 0.1) is 17.7 Å². The number of halogens is 1. The van der Waals surface area contributed by atoms with E-state index in [-0.39, 0.29) is 12.4 Å². The molecule has 0 saturated heterocycles. The second-order valence-corrected chi connectivity index (χ2v) is 5.28. The molecule has 1 aromatic rings. The highest BCUT2D eigenvalue weighted by atomic mass is 19.1. The van der Waals surface area contributed by atoms with Crippen LogP contribution in [0.2, 0.25) is 0 Å². The van der Waals surface area contributed by atoms with Crippen LogP contribution >= 0.6 is 0 Å². The van der Waals surface area contributed by atoms with E-state index in [1.807, 2.05) is 6.07 Å². The summed E-state index contributed by atoms with van der Waals surface area (Å²) in [5.74, 6) is 4.86. The maximum absolute atomic E-state index is 13.6. The van der Waals surface area contributed by atoms with Gasteiger partial charge in [-0.1, -0.05) is 37.7 Å². The summed E-state index contributed by atoms with van der Waals surface area (Å²) in [6, 6.07) is 5.77. The van der Waals surface area contributed by atoms with Crippen LogP contribution in [0.15, 0.2) is 18.2 Å². The van der Waals surface area contributed by atoms with Gasteiger partial charge in [0.2, 0.25) is 0 Å². The molecule has 2 rings (SSSR count). The predicted molar refractivity (Wildman–Crippen MR) is 78.7 cm³/mol. The van der Waals surface area contributed by atoms with Gasteiger partial charge in [0.25, 0.3) is 0 Å². The zero-order chi connectivity index (χ0) is 14.4. The molecule has 0 bridgehead atoms. The van der Waals surface area contributed by atoms with Crippen molar-refractivity contribution in [3.8, 4) is 11.8 Å². The fraction of sp³-hybridized carbons (Fsp3) is 0.529. The number of aliphatic hydroxyl groups excluding tert-OH is 1. The van der Waals surface area contributed by atoms with Gasteiger partial charge in [-0.05, 0) is 37.1 Å². The van der Waals surface area contributed by atoms with Gasteiger partial charge in [-0.3, -0.25) is 4.90 Å². The van der Waals surface area contributed by atoms with Crippen LogP contribution in [0.3, 0.4) is 0 Å². The fourth-order valence-electron chi connectivity index (χ4n) is 2.90. The topological polar surface area (TPSA) is 23.5 Å². The Morgan fingerprint density at radius 1 is 1.35 bits per heavy atom. The van der Waals surface area contributed by atoms with Crippen LogP contribution in [-0.2, 0) is 6.54 Å². The van der Waals surface area contributed by atoms with E-state index in [0.29, 0.717) is 11.6 Å². The van der Waals surface area contributed by atoms with Crippen LogP contribution in [0.25, 0.3) is 0 Å². The fourth-order valence-corrected chi connectivity index (χ4v) is 2.90. The van der Waals surface area contributed by atoms with Gasteiger partial charge < -0.3 is 5.11 Å². The normalized spacial score (nSPS) is 15.4. The number of nitrogens with zero attached hydrogens (tertiary/aromatic N) is 1. The summed E-state index contributed by atoms with van der Waals surface area (Å²) in [6.07, 6.45) is 5.17. The molecule has 0 spiro atoms. The molecule has 1 aliphatic carbocycles. The molecule has 1 saturated carbocycles. The smallest absolute Gasteiger partial charge is 0.138 e. The van der Waals surface area contributed by atoms with E-state index in [4.69, 9.17) is 5.11 Å². The maximum Gasteiger partial charge on any atom is 0.138 e. The Morgan fingerprint density at radius 2 is 2.10 bits per heavy atom. The van der Waals surface area contributed by atoms with Gasteiger partial charge in [-0.25, -0.2) is 4.39 Å². The summed E-state index contributed by atoms with van der Waals surface area (Å²) in [5, 5.41) is 8.71. The summed E-state index contributed by atoms with van der Waals surface area (Å²) >= 11 is 0. The molecule has 0 aliphatic heterocycles. The molecule has 0 unspecified atom stereocenters. The highest BCUT2D eigenvalue weighted by molar-refractivity contribution is 5.38. The Morgan fingerprint density at radius 3 is 2.75 bits per heavy atom. The molecular weight excluding hydrogens is 253 g/mol. The first-order chi connectivity index (χ1) is 9.74. The number of hydrogen-bond donors (Lipinski definition) is 1. The predicted octanol–water partition coefficient (Wildman–Crippen LogP) is 2.93. The molecule has 108 valence electrons. The van der Waals surface area contributed by atoms with Crippen molar-refractivity contribution >= 4 is 0 Å². The van der Waals surface area contributed by atoms with Gasteiger partial charge in [-0.15, -0.1) is 0 Å². The minimum absolute atomic E-state index is 0.243. The van der Waals surface area contributed by atoms with E-state index in [1.54, 1.807) is 6.07 Å². The van der Waals surface area contributed by atoms with E-state index in [9.17, 15) is 4.39 Å². The molecule has 1 fully saturated rings. The number of benzene rings is 1. The molecule has 1 N–H and O–H groups in total. The maximum atomic E-state index is 13.6. The largest absolute Gasteiger partial charge is 0.384 e. The first-order valence-electron chi connectivity index (χ1n) is 7.36. The summed E-state index contributed by atoms with van der Waals surface area (Å²) in [4.78, 5) is 2.46. The van der Waals surface area contributed by atoms with Gasteiger partial charge in [-0.2, -0.15) is 0 Å². The molecule has 0 heterocycles. The standard InChI is InChI=1S/C17H22FNO/c1-2-19(16-7-3-4-8-16)13-14-9-10-17(18)15(12-14)6-5-11-20/h9-10,12,16,20H,2-4,7-8,11,13H2,1H3. The molecule has 1 aromatic carbocycles. The Bertz CT molecular complexity index is 497. The van der Waals surface area contributed by atoms with Gasteiger partial charge in [0.15, 0.2) is 0 Å². The van der Waals surface area contributed by atoms with Gasteiger partial charge in [0.1, 0.15) is 12.4 Å². The van der Waals surface area contributed by atoms with Crippen molar-refractivity contribution in [2.24, 2.45) is 0 Å². The molecule has 0 amide bonds. The number of aliphatic hydroxyl groups is 1. The van der Waals surface area contributed by atoms with Crippen molar-refractivity contribution in [2.45, 2.75) is 45.2 Å². The zero-order valence-corrected chi connectivity index (χ0v) is 12.0. The molecule has 20 heavy (non-hydrogen) atoms. The van der Waals surface area contributed by atoms with Crippen LogP contribution in [0.5, 0.6) is 0 Å². The van der Waals surface area contributed by atoms with Gasteiger partial charge >= 0.3 is 0 Å². The summed E-state index contributed by atoms with van der Waals surface area (Å²) in [5.41, 5.74) is 1.46. The Kier molecular flexibility index (Phi) is 5.58. The first kappa shape index (κ1) is 15.0. The monoisotopic (exact) mass is 275 g/mol. The lowest BCUT2D eigenvalue weighted by Gasteiger charge is -2.27. The van der Waals surface area contributed by atoms with Gasteiger partial charge in [0.05, 0.1) is 5.56 Å². The third-order valence-electron chi connectivity index (χ3n) is 3.97. The SMILES string of the molecule is CCN(Cc1ccc(F)c(C#CCO)c1)C1CCCC1. The quantitative estimate of drug-likeness (QED) is 0.854. The minimum atomic E-state index is -0.321. The summed E-state index contributed by atoms with van der Waals surface area (Å²) in [7, 11) is 0. The average Bonchev–Trinajstić information content (AvgIpc) is 2.99. The van der Waals surface area contributed by atoms with Crippen molar-refractivity contribution in [2.75, 3.05) is 13.2 Å². The van der Waals surface area contributed by atoms with Crippen LogP contribution < -0.4 is 0 Å². The van der Waals surface area contributed by atoms with E-state index >= 15 is 0 Å². The first-order valence-corrected chi connectivity index (χ1v) is 7.36. The van der Waals surface area contributed by atoms with Crippen LogP contribution in [0.1, 0.15) is 43.7 Å². The van der Waals surface area contributed by atoms with Crippen molar-refractivity contribution in [1.82, 2.24) is 4.90 Å². The lowest BCUT2D eigenvalue weighted by Crippen LogP contribution is -2.32. The molecular formula is C17H22FNO. The lowest BCUT2D eigenvalue weighted by molar-refractivity contribution is 0.200. The summed E-state index contributed by atoms with van der Waals surface area (Å²) in [6.45, 7) is 3.79.